The van der Waals surface area contributed by atoms with E-state index in [-0.39, 0.29) is 2.85 Å². The highest BCUT2D eigenvalue weighted by Gasteiger charge is 2.32. The number of ether oxygens (including phenoxy) is 1. The normalized spacial score (nSPS) is 17.7. The van der Waals surface area contributed by atoms with Gasteiger partial charge in [-0.1, -0.05) is 18.2 Å². The molecule has 0 aliphatic heterocycles. The summed E-state index contributed by atoms with van der Waals surface area (Å²) in [5.74, 6) is 2.10. The number of aromatic nitrogens is 3. The maximum absolute atomic E-state index is 6.05. The lowest BCUT2D eigenvalue weighted by Gasteiger charge is -2.39. The van der Waals surface area contributed by atoms with Crippen molar-refractivity contribution >= 4 is 34.0 Å². The quantitative estimate of drug-likeness (QED) is 0.402. The highest BCUT2D eigenvalue weighted by molar-refractivity contribution is 5.82. The molecule has 166 valence electrons. The van der Waals surface area contributed by atoms with Crippen LogP contribution < -0.4 is 15.4 Å². The van der Waals surface area contributed by atoms with Crippen LogP contribution in [-0.4, -0.2) is 46.1 Å². The fraction of sp³-hybridized carbons (Fsp3) is 0.240. The molecule has 7 heteroatoms. The molecule has 1 aliphatic rings. The Hall–Kier alpha value is -3.71. The second kappa shape index (κ2) is 8.80. The Bertz CT molecular complexity index is 1220. The zero-order valence-corrected chi connectivity index (χ0v) is 18.2. The molecule has 0 radical (unpaired) electrons. The lowest BCUT2D eigenvalue weighted by atomic mass is 9.88. The third-order valence-electron chi connectivity index (χ3n) is 5.73. The van der Waals surface area contributed by atoms with Crippen LogP contribution in [0.3, 0.4) is 0 Å². The van der Waals surface area contributed by atoms with Crippen LogP contribution in [0.5, 0.6) is 5.75 Å². The van der Waals surface area contributed by atoms with E-state index in [9.17, 15) is 0 Å². The Labute approximate surface area is 190 Å². The van der Waals surface area contributed by atoms with Crippen molar-refractivity contribution in [3.63, 3.8) is 0 Å². The molecule has 0 spiro atoms. The van der Waals surface area contributed by atoms with E-state index < -0.39 is 0 Å². The smallest absolute Gasteiger partial charge is 0.229 e. The number of para-hydroxylation sites is 1. The largest absolute Gasteiger partial charge is 0.490 e. The summed E-state index contributed by atoms with van der Waals surface area (Å²) in [5.41, 5.74) is 2.74. The van der Waals surface area contributed by atoms with E-state index in [1.54, 1.807) is 12.4 Å². The van der Waals surface area contributed by atoms with Gasteiger partial charge in [0.1, 0.15) is 17.7 Å². The van der Waals surface area contributed by atoms with Crippen LogP contribution in [0.15, 0.2) is 73.1 Å². The first-order chi connectivity index (χ1) is 15.6. The van der Waals surface area contributed by atoms with Gasteiger partial charge >= 0.3 is 0 Å². The number of pyridine rings is 1. The highest BCUT2D eigenvalue weighted by Crippen LogP contribution is 2.29. The van der Waals surface area contributed by atoms with E-state index in [2.05, 4.69) is 50.6 Å². The van der Waals surface area contributed by atoms with Crippen LogP contribution >= 0.6 is 0 Å². The number of benzene rings is 2. The monoisotopic (exact) mass is 430 g/mol. The minimum absolute atomic E-state index is 0. The molecular weight excluding hydrogens is 400 g/mol. The van der Waals surface area contributed by atoms with Crippen molar-refractivity contribution in [3.05, 3.63) is 73.1 Å². The summed E-state index contributed by atoms with van der Waals surface area (Å²) in [6.07, 6.45) is 5.98. The molecule has 2 heterocycles. The molecule has 1 aliphatic carbocycles. The molecule has 0 saturated heterocycles. The molecule has 7 nitrogen and oxygen atoms in total. The van der Waals surface area contributed by atoms with E-state index in [1.165, 1.54) is 0 Å². The molecular formula is C25H30N6O. The molecule has 2 aromatic carbocycles. The zero-order chi connectivity index (χ0) is 21.9. The SMILES string of the molecule is CN(C)C1CC(Oc2ccc(Nc3nccc(Nc4cnc5ccccc5c4)n3)cc2)C1.[HH].[HH]. The summed E-state index contributed by atoms with van der Waals surface area (Å²) in [6.45, 7) is 0. The van der Waals surface area contributed by atoms with Crippen LogP contribution in [0.4, 0.5) is 23.1 Å². The van der Waals surface area contributed by atoms with E-state index in [0.29, 0.717) is 23.9 Å². The number of nitrogens with one attached hydrogen (secondary N) is 2. The van der Waals surface area contributed by atoms with E-state index in [1.807, 2.05) is 54.6 Å². The molecule has 2 N–H and O–H groups in total. The molecule has 0 unspecified atom stereocenters. The third-order valence-corrected chi connectivity index (χ3v) is 5.73. The summed E-state index contributed by atoms with van der Waals surface area (Å²) in [5, 5.41) is 7.63. The highest BCUT2D eigenvalue weighted by atomic mass is 16.5. The molecule has 0 atom stereocenters. The van der Waals surface area contributed by atoms with Crippen molar-refractivity contribution in [2.24, 2.45) is 0 Å². The van der Waals surface area contributed by atoms with Gasteiger partial charge in [0.15, 0.2) is 0 Å². The van der Waals surface area contributed by atoms with Crippen LogP contribution in [0, 0.1) is 0 Å². The summed E-state index contributed by atoms with van der Waals surface area (Å²) < 4.78 is 6.05. The molecule has 4 aromatic rings. The number of hydrogen-bond donors (Lipinski definition) is 2. The average molecular weight is 431 g/mol. The van der Waals surface area contributed by atoms with Crippen molar-refractivity contribution in [2.75, 3.05) is 24.7 Å². The summed E-state index contributed by atoms with van der Waals surface area (Å²) in [7, 11) is 4.24. The summed E-state index contributed by atoms with van der Waals surface area (Å²) >= 11 is 0. The number of anilines is 4. The predicted molar refractivity (Wildman–Crippen MR) is 132 cm³/mol. The number of fused-ring (bicyclic) bond motifs is 1. The maximum atomic E-state index is 6.05. The first-order valence-electron chi connectivity index (χ1n) is 10.8. The Morgan fingerprint density at radius 2 is 1.75 bits per heavy atom. The first kappa shape index (κ1) is 20.2. The first-order valence-corrected chi connectivity index (χ1v) is 10.8. The van der Waals surface area contributed by atoms with Gasteiger partial charge in [-0.15, -0.1) is 0 Å². The van der Waals surface area contributed by atoms with E-state index in [0.717, 1.165) is 40.9 Å². The lowest BCUT2D eigenvalue weighted by Crippen LogP contribution is -2.46. The van der Waals surface area contributed by atoms with Gasteiger partial charge in [0.25, 0.3) is 0 Å². The molecule has 2 aromatic heterocycles. The maximum Gasteiger partial charge on any atom is 0.229 e. The molecule has 0 amide bonds. The van der Waals surface area contributed by atoms with Gasteiger partial charge in [-0.25, -0.2) is 4.98 Å². The summed E-state index contributed by atoms with van der Waals surface area (Å²) in [6, 6.07) is 20.5. The van der Waals surface area contributed by atoms with Gasteiger partial charge in [0.05, 0.1) is 17.4 Å². The standard InChI is InChI=1S/C25H26N6O.2H2/c1-31(2)20-14-22(15-20)32-21-9-7-18(8-10-21)29-25-26-12-11-24(30-25)28-19-13-17-5-3-4-6-23(17)27-16-19;;/h3-13,16,20,22H,14-15H2,1-2H3,(H2,26,28,29,30);2*1H. The molecule has 0 bridgehead atoms. The van der Waals surface area contributed by atoms with Gasteiger partial charge in [0, 0.05) is 26.2 Å². The fourth-order valence-electron chi connectivity index (χ4n) is 3.77. The van der Waals surface area contributed by atoms with Crippen LogP contribution in [0.25, 0.3) is 10.9 Å². The van der Waals surface area contributed by atoms with Gasteiger partial charge in [-0.3, -0.25) is 4.98 Å². The van der Waals surface area contributed by atoms with Gasteiger partial charge in [-0.05, 0) is 69.4 Å². The Kier molecular flexibility index (Phi) is 5.56. The summed E-state index contributed by atoms with van der Waals surface area (Å²) in [4.78, 5) is 15.6. The molecule has 5 rings (SSSR count). The zero-order valence-electron chi connectivity index (χ0n) is 18.2. The van der Waals surface area contributed by atoms with Crippen LogP contribution in [-0.2, 0) is 0 Å². The van der Waals surface area contributed by atoms with Crippen LogP contribution in [0.1, 0.15) is 15.7 Å². The van der Waals surface area contributed by atoms with Crippen molar-refractivity contribution in [1.29, 1.82) is 0 Å². The Morgan fingerprint density at radius 3 is 2.56 bits per heavy atom. The molecule has 1 fully saturated rings. The second-order valence-electron chi connectivity index (χ2n) is 8.29. The van der Waals surface area contributed by atoms with Crippen molar-refractivity contribution in [2.45, 2.75) is 25.0 Å². The number of rotatable bonds is 7. The van der Waals surface area contributed by atoms with Crippen molar-refractivity contribution in [3.8, 4) is 5.75 Å². The van der Waals surface area contributed by atoms with E-state index in [4.69, 9.17) is 4.74 Å². The Balaban J connectivity index is 0.00000162. The van der Waals surface area contributed by atoms with E-state index >= 15 is 0 Å². The lowest BCUT2D eigenvalue weighted by molar-refractivity contribution is 0.0401. The minimum Gasteiger partial charge on any atom is -0.490 e. The third kappa shape index (κ3) is 4.63. The number of nitrogens with zero attached hydrogens (tertiary/aromatic N) is 4. The van der Waals surface area contributed by atoms with Gasteiger partial charge in [0.2, 0.25) is 5.95 Å². The topological polar surface area (TPSA) is 75.2 Å². The minimum atomic E-state index is 0. The van der Waals surface area contributed by atoms with Crippen molar-refractivity contribution < 1.29 is 7.59 Å². The predicted octanol–water partition coefficient (Wildman–Crippen LogP) is 5.48. The Morgan fingerprint density at radius 1 is 0.938 bits per heavy atom. The van der Waals surface area contributed by atoms with Gasteiger partial charge in [-0.2, -0.15) is 4.98 Å². The van der Waals surface area contributed by atoms with Gasteiger partial charge < -0.3 is 20.3 Å². The second-order valence-corrected chi connectivity index (χ2v) is 8.29. The molecule has 1 saturated carbocycles. The number of hydrogen-bond acceptors (Lipinski definition) is 7. The molecule has 32 heavy (non-hydrogen) atoms. The fourth-order valence-corrected chi connectivity index (χ4v) is 3.77. The average Bonchev–Trinajstić information content (AvgIpc) is 2.77. The van der Waals surface area contributed by atoms with Crippen LogP contribution in [0.2, 0.25) is 0 Å². The van der Waals surface area contributed by atoms with Crippen molar-refractivity contribution in [1.82, 2.24) is 19.9 Å².